The van der Waals surface area contributed by atoms with Gasteiger partial charge in [0, 0.05) is 12.1 Å². The first-order valence-electron chi connectivity index (χ1n) is 5.84. The number of carbonyl (C=O) groups excluding carboxylic acids is 1. The molecule has 0 heterocycles. The molecule has 2 nitrogen and oxygen atoms in total. The smallest absolute Gasteiger partial charge is 0.251 e. The molecule has 2 heteroatoms. The van der Waals surface area contributed by atoms with Gasteiger partial charge in [-0.3, -0.25) is 4.79 Å². The van der Waals surface area contributed by atoms with E-state index in [1.165, 1.54) is 0 Å². The van der Waals surface area contributed by atoms with E-state index in [0.717, 1.165) is 24.1 Å². The van der Waals surface area contributed by atoms with Crippen molar-refractivity contribution in [2.75, 3.05) is 6.54 Å². The Morgan fingerprint density at radius 3 is 2.44 bits per heavy atom. The van der Waals surface area contributed by atoms with Crippen LogP contribution >= 0.6 is 0 Å². The highest BCUT2D eigenvalue weighted by Gasteiger charge is 2.20. The highest BCUT2D eigenvalue weighted by molar-refractivity contribution is 5.96. The van der Waals surface area contributed by atoms with Crippen LogP contribution in [0.4, 0.5) is 0 Å². The zero-order valence-electron chi connectivity index (χ0n) is 10.6. The molecule has 1 aromatic carbocycles. The Kier molecular flexibility index (Phi) is 4.11. The third-order valence-corrected chi connectivity index (χ3v) is 2.52. The van der Waals surface area contributed by atoms with Crippen LogP contribution in [-0.2, 0) is 5.41 Å². The van der Waals surface area contributed by atoms with Gasteiger partial charge in [0.25, 0.3) is 5.91 Å². The Morgan fingerprint density at radius 2 is 1.88 bits per heavy atom. The molecule has 1 amide bonds. The predicted molar refractivity (Wildman–Crippen MR) is 67.8 cm³/mol. The Bertz CT molecular complexity index is 363. The van der Waals surface area contributed by atoms with E-state index in [1.54, 1.807) is 0 Å². The van der Waals surface area contributed by atoms with Gasteiger partial charge in [0.2, 0.25) is 0 Å². The summed E-state index contributed by atoms with van der Waals surface area (Å²) in [5.41, 5.74) is 1.90. The SMILES string of the molecule is CCCNC(=O)c1ccccc1C(C)(C)C. The van der Waals surface area contributed by atoms with Crippen molar-refractivity contribution in [1.82, 2.24) is 5.32 Å². The molecule has 0 unspecified atom stereocenters. The number of hydrogen-bond donors (Lipinski definition) is 1. The van der Waals surface area contributed by atoms with Gasteiger partial charge in [-0.25, -0.2) is 0 Å². The monoisotopic (exact) mass is 219 g/mol. The molecule has 16 heavy (non-hydrogen) atoms. The molecule has 0 aliphatic carbocycles. The second-order valence-electron chi connectivity index (χ2n) is 5.05. The van der Waals surface area contributed by atoms with Gasteiger partial charge in [-0.05, 0) is 23.5 Å². The second-order valence-corrected chi connectivity index (χ2v) is 5.05. The maximum Gasteiger partial charge on any atom is 0.251 e. The Labute approximate surface area is 98.1 Å². The van der Waals surface area contributed by atoms with E-state index >= 15 is 0 Å². The van der Waals surface area contributed by atoms with Gasteiger partial charge >= 0.3 is 0 Å². The molecular formula is C14H21NO. The molecule has 0 aliphatic rings. The van der Waals surface area contributed by atoms with Crippen LogP contribution in [0.15, 0.2) is 24.3 Å². The highest BCUT2D eigenvalue weighted by atomic mass is 16.1. The van der Waals surface area contributed by atoms with Crippen molar-refractivity contribution in [3.05, 3.63) is 35.4 Å². The van der Waals surface area contributed by atoms with E-state index in [0.29, 0.717) is 0 Å². The fraction of sp³-hybridized carbons (Fsp3) is 0.500. The lowest BCUT2D eigenvalue weighted by Gasteiger charge is -2.22. The molecule has 0 aromatic heterocycles. The summed E-state index contributed by atoms with van der Waals surface area (Å²) in [5, 5.41) is 2.92. The number of nitrogens with one attached hydrogen (secondary N) is 1. The second kappa shape index (κ2) is 5.15. The number of amides is 1. The van der Waals surface area contributed by atoms with Crippen molar-refractivity contribution in [2.24, 2.45) is 0 Å². The van der Waals surface area contributed by atoms with Gasteiger partial charge in [-0.1, -0.05) is 45.9 Å². The topological polar surface area (TPSA) is 29.1 Å². The third kappa shape index (κ3) is 3.09. The van der Waals surface area contributed by atoms with Gasteiger partial charge in [0.1, 0.15) is 0 Å². The van der Waals surface area contributed by atoms with E-state index < -0.39 is 0 Å². The predicted octanol–water partition coefficient (Wildman–Crippen LogP) is 3.12. The minimum atomic E-state index is 0.000147. The summed E-state index contributed by atoms with van der Waals surface area (Å²) >= 11 is 0. The third-order valence-electron chi connectivity index (χ3n) is 2.52. The Hall–Kier alpha value is -1.31. The summed E-state index contributed by atoms with van der Waals surface area (Å²) in [5.74, 6) is 0.0346. The fourth-order valence-electron chi connectivity index (χ4n) is 1.67. The van der Waals surface area contributed by atoms with Gasteiger partial charge in [-0.15, -0.1) is 0 Å². The molecule has 0 saturated carbocycles. The average molecular weight is 219 g/mol. The molecule has 1 rings (SSSR count). The van der Waals surface area contributed by atoms with Crippen LogP contribution in [0, 0.1) is 0 Å². The van der Waals surface area contributed by atoms with Crippen molar-refractivity contribution >= 4 is 5.91 Å². The van der Waals surface area contributed by atoms with Crippen molar-refractivity contribution in [3.8, 4) is 0 Å². The van der Waals surface area contributed by atoms with E-state index in [9.17, 15) is 4.79 Å². The minimum absolute atomic E-state index is 0.000147. The first kappa shape index (κ1) is 12.8. The van der Waals surface area contributed by atoms with Crippen molar-refractivity contribution in [1.29, 1.82) is 0 Å². The van der Waals surface area contributed by atoms with Crippen LogP contribution in [0.1, 0.15) is 50.0 Å². The first-order valence-corrected chi connectivity index (χ1v) is 5.84. The van der Waals surface area contributed by atoms with E-state index in [1.807, 2.05) is 24.3 Å². The molecule has 1 N–H and O–H groups in total. The van der Waals surface area contributed by atoms with Gasteiger partial charge < -0.3 is 5.32 Å². The van der Waals surface area contributed by atoms with Crippen LogP contribution in [0.5, 0.6) is 0 Å². The molecule has 88 valence electrons. The fourth-order valence-corrected chi connectivity index (χ4v) is 1.67. The molecule has 0 saturated heterocycles. The van der Waals surface area contributed by atoms with Gasteiger partial charge in [0.05, 0.1) is 0 Å². The summed E-state index contributed by atoms with van der Waals surface area (Å²) < 4.78 is 0. The molecule has 1 aromatic rings. The van der Waals surface area contributed by atoms with Crippen LogP contribution < -0.4 is 5.32 Å². The summed E-state index contributed by atoms with van der Waals surface area (Å²) in [6, 6.07) is 7.82. The number of hydrogen-bond acceptors (Lipinski definition) is 1. The highest BCUT2D eigenvalue weighted by Crippen LogP contribution is 2.25. The largest absolute Gasteiger partial charge is 0.352 e. The number of rotatable bonds is 3. The zero-order chi connectivity index (χ0) is 12.2. The molecule has 0 bridgehead atoms. The van der Waals surface area contributed by atoms with Crippen LogP contribution in [-0.4, -0.2) is 12.5 Å². The van der Waals surface area contributed by atoms with Crippen molar-refractivity contribution in [2.45, 2.75) is 39.5 Å². The number of benzene rings is 1. The molecule has 0 atom stereocenters. The maximum absolute atomic E-state index is 12.0. The minimum Gasteiger partial charge on any atom is -0.352 e. The van der Waals surface area contributed by atoms with E-state index in [2.05, 4.69) is 33.0 Å². The van der Waals surface area contributed by atoms with Crippen molar-refractivity contribution < 1.29 is 4.79 Å². The standard InChI is InChI=1S/C14H21NO/c1-5-10-15-13(16)11-8-6-7-9-12(11)14(2,3)4/h6-9H,5,10H2,1-4H3,(H,15,16). The Balaban J connectivity index is 3.00. The lowest BCUT2D eigenvalue weighted by Crippen LogP contribution is -2.27. The summed E-state index contributed by atoms with van der Waals surface area (Å²) in [4.78, 5) is 12.0. The van der Waals surface area contributed by atoms with Gasteiger partial charge in [-0.2, -0.15) is 0 Å². The normalized spacial score (nSPS) is 11.2. The molecule has 0 aliphatic heterocycles. The number of carbonyl (C=O) groups is 1. The van der Waals surface area contributed by atoms with Crippen LogP contribution in [0.2, 0.25) is 0 Å². The summed E-state index contributed by atoms with van der Waals surface area (Å²) in [6.07, 6.45) is 0.962. The molecule has 0 spiro atoms. The molecule has 0 fully saturated rings. The van der Waals surface area contributed by atoms with Crippen LogP contribution in [0.25, 0.3) is 0 Å². The summed E-state index contributed by atoms with van der Waals surface area (Å²) in [6.45, 7) is 9.16. The Morgan fingerprint density at radius 1 is 1.25 bits per heavy atom. The summed E-state index contributed by atoms with van der Waals surface area (Å²) in [7, 11) is 0. The van der Waals surface area contributed by atoms with E-state index in [4.69, 9.17) is 0 Å². The molecular weight excluding hydrogens is 198 g/mol. The lowest BCUT2D eigenvalue weighted by molar-refractivity contribution is 0.0951. The average Bonchev–Trinajstić information content (AvgIpc) is 2.24. The molecule has 0 radical (unpaired) electrons. The quantitative estimate of drug-likeness (QED) is 0.831. The first-order chi connectivity index (χ1) is 7.46. The zero-order valence-corrected chi connectivity index (χ0v) is 10.6. The van der Waals surface area contributed by atoms with Crippen LogP contribution in [0.3, 0.4) is 0 Å². The van der Waals surface area contributed by atoms with E-state index in [-0.39, 0.29) is 11.3 Å². The maximum atomic E-state index is 12.0. The van der Waals surface area contributed by atoms with Gasteiger partial charge in [0.15, 0.2) is 0 Å². The van der Waals surface area contributed by atoms with Crippen molar-refractivity contribution in [3.63, 3.8) is 0 Å². The lowest BCUT2D eigenvalue weighted by atomic mass is 9.83.